The van der Waals surface area contributed by atoms with Crippen LogP contribution in [0.15, 0.2) is 47.7 Å². The third kappa shape index (κ3) is 8.40. The van der Waals surface area contributed by atoms with E-state index in [9.17, 15) is 0 Å². The number of hydrogen-bond donors (Lipinski definition) is 1. The first kappa shape index (κ1) is 13.2. The summed E-state index contributed by atoms with van der Waals surface area (Å²) >= 11 is 3.56. The van der Waals surface area contributed by atoms with Crippen molar-refractivity contribution in [2.75, 3.05) is 18.2 Å². The van der Waals surface area contributed by atoms with E-state index in [1.165, 1.54) is 18.2 Å². The average molecular weight is 253 g/mol. The number of thiazole rings is 1. The first-order chi connectivity index (χ1) is 8.00. The maximum Gasteiger partial charge on any atom is 0.0791 e. The van der Waals surface area contributed by atoms with Gasteiger partial charge in [-0.2, -0.15) is 0 Å². The Morgan fingerprint density at radius 3 is 2.06 bits per heavy atom. The summed E-state index contributed by atoms with van der Waals surface area (Å²) in [7, 11) is 0. The fraction of sp³-hybridized carbons (Fsp3) is 0.273. The summed E-state index contributed by atoms with van der Waals surface area (Å²) in [6.07, 6.45) is 5.27. The number of hydrogen-bond acceptors (Lipinski definition) is 5. The van der Waals surface area contributed by atoms with E-state index >= 15 is 0 Å². The Bertz CT molecular complexity index is 258. The quantitative estimate of drug-likeness (QED) is 0.783. The molecular weight excluding hydrogens is 238 g/mol. The molecule has 0 radical (unpaired) electrons. The normalized spacial score (nSPS) is 13.0. The van der Waals surface area contributed by atoms with Crippen LogP contribution in [-0.4, -0.2) is 28.1 Å². The topological polar surface area (TPSA) is 37.8 Å². The van der Waals surface area contributed by atoms with E-state index in [0.717, 1.165) is 0 Å². The molecule has 3 heterocycles. The Kier molecular flexibility index (Phi) is 8.72. The highest BCUT2D eigenvalue weighted by molar-refractivity contribution is 7.99. The van der Waals surface area contributed by atoms with E-state index in [0.29, 0.717) is 0 Å². The van der Waals surface area contributed by atoms with Crippen molar-refractivity contribution in [1.29, 1.82) is 0 Å². The SMILES string of the molecule is C1CSCN1.c1ccncc1.c1cscn1. The second-order valence-electron chi connectivity index (χ2n) is 2.75. The van der Waals surface area contributed by atoms with Crippen LogP contribution in [-0.2, 0) is 0 Å². The van der Waals surface area contributed by atoms with Gasteiger partial charge in [-0.1, -0.05) is 6.07 Å². The lowest BCUT2D eigenvalue weighted by molar-refractivity contribution is 0.885. The zero-order valence-electron chi connectivity index (χ0n) is 8.95. The maximum atomic E-state index is 3.78. The van der Waals surface area contributed by atoms with E-state index < -0.39 is 0 Å². The molecule has 0 amide bonds. The first-order valence-corrected chi connectivity index (χ1v) is 7.05. The van der Waals surface area contributed by atoms with Crippen molar-refractivity contribution in [3.8, 4) is 0 Å². The molecule has 0 spiro atoms. The third-order valence-electron chi connectivity index (χ3n) is 1.54. The van der Waals surface area contributed by atoms with E-state index in [2.05, 4.69) is 15.3 Å². The second kappa shape index (κ2) is 10.6. The Hall–Kier alpha value is -0.910. The van der Waals surface area contributed by atoms with Crippen LogP contribution in [0.1, 0.15) is 0 Å². The molecule has 1 saturated heterocycles. The molecule has 86 valence electrons. The molecule has 3 nitrogen and oxygen atoms in total. The highest BCUT2D eigenvalue weighted by Crippen LogP contribution is 1.99. The summed E-state index contributed by atoms with van der Waals surface area (Å²) < 4.78 is 0. The molecular formula is C11H15N3S2. The van der Waals surface area contributed by atoms with Gasteiger partial charge in [0.2, 0.25) is 0 Å². The van der Waals surface area contributed by atoms with Crippen molar-refractivity contribution >= 4 is 23.1 Å². The van der Waals surface area contributed by atoms with Crippen LogP contribution in [0.25, 0.3) is 0 Å². The highest BCUT2D eigenvalue weighted by Gasteiger charge is 1.93. The lowest BCUT2D eigenvalue weighted by Gasteiger charge is -1.74. The van der Waals surface area contributed by atoms with Crippen LogP contribution < -0.4 is 5.32 Å². The lowest BCUT2D eigenvalue weighted by atomic mass is 10.5. The molecule has 1 aliphatic heterocycles. The number of nitrogens with zero attached hydrogens (tertiary/aromatic N) is 2. The predicted octanol–water partition coefficient (Wildman–Crippen LogP) is 2.51. The van der Waals surface area contributed by atoms with Gasteiger partial charge in [-0.05, 0) is 12.1 Å². The summed E-state index contributed by atoms with van der Waals surface area (Å²) in [5.41, 5.74) is 1.79. The first-order valence-electron chi connectivity index (χ1n) is 4.96. The van der Waals surface area contributed by atoms with Crippen molar-refractivity contribution in [1.82, 2.24) is 15.3 Å². The fourth-order valence-corrected chi connectivity index (χ4v) is 1.92. The third-order valence-corrected chi connectivity index (χ3v) is 2.96. The summed E-state index contributed by atoms with van der Waals surface area (Å²) in [4.78, 5) is 7.53. The number of rotatable bonds is 0. The van der Waals surface area contributed by atoms with Gasteiger partial charge < -0.3 is 5.32 Å². The Morgan fingerprint density at radius 2 is 1.88 bits per heavy atom. The molecule has 0 atom stereocenters. The minimum atomic E-state index is 1.17. The Balaban J connectivity index is 0.000000121. The highest BCUT2D eigenvalue weighted by atomic mass is 32.2. The van der Waals surface area contributed by atoms with Crippen LogP contribution in [0.5, 0.6) is 0 Å². The molecule has 1 aliphatic rings. The van der Waals surface area contributed by atoms with E-state index in [4.69, 9.17) is 0 Å². The minimum absolute atomic E-state index is 1.17. The molecule has 0 aromatic carbocycles. The van der Waals surface area contributed by atoms with E-state index in [1.807, 2.05) is 35.3 Å². The lowest BCUT2D eigenvalue weighted by Crippen LogP contribution is -2.04. The van der Waals surface area contributed by atoms with Gasteiger partial charge in [-0.15, -0.1) is 23.1 Å². The minimum Gasteiger partial charge on any atom is -0.307 e. The van der Waals surface area contributed by atoms with Crippen LogP contribution in [0, 0.1) is 0 Å². The molecule has 3 rings (SSSR count). The maximum absolute atomic E-state index is 3.78. The van der Waals surface area contributed by atoms with Gasteiger partial charge in [-0.25, -0.2) is 0 Å². The molecule has 0 bridgehead atoms. The average Bonchev–Trinajstić information content (AvgIpc) is 3.10. The fourth-order valence-electron chi connectivity index (χ4n) is 0.849. The van der Waals surface area contributed by atoms with Gasteiger partial charge in [0.15, 0.2) is 0 Å². The molecule has 16 heavy (non-hydrogen) atoms. The van der Waals surface area contributed by atoms with Gasteiger partial charge in [0.05, 0.1) is 5.51 Å². The van der Waals surface area contributed by atoms with Crippen molar-refractivity contribution in [2.45, 2.75) is 0 Å². The zero-order chi connectivity index (χ0) is 11.3. The summed E-state index contributed by atoms with van der Waals surface area (Å²) in [5, 5.41) is 5.12. The van der Waals surface area contributed by atoms with Gasteiger partial charge in [0.25, 0.3) is 0 Å². The van der Waals surface area contributed by atoms with Crippen LogP contribution in [0.2, 0.25) is 0 Å². The molecule has 1 fully saturated rings. The van der Waals surface area contributed by atoms with Crippen molar-refractivity contribution in [3.63, 3.8) is 0 Å². The van der Waals surface area contributed by atoms with Crippen LogP contribution in [0.4, 0.5) is 0 Å². The Morgan fingerprint density at radius 1 is 1.00 bits per heavy atom. The van der Waals surface area contributed by atoms with E-state index in [1.54, 1.807) is 35.4 Å². The summed E-state index contributed by atoms with van der Waals surface area (Å²) in [6, 6.07) is 5.72. The number of pyridine rings is 1. The number of nitrogens with one attached hydrogen (secondary N) is 1. The second-order valence-corrected chi connectivity index (χ2v) is 4.61. The molecule has 1 N–H and O–H groups in total. The summed E-state index contributed by atoms with van der Waals surface area (Å²) in [5.74, 6) is 2.47. The molecule has 0 unspecified atom stereocenters. The zero-order valence-corrected chi connectivity index (χ0v) is 10.6. The van der Waals surface area contributed by atoms with Gasteiger partial charge in [0, 0.05) is 42.1 Å². The van der Waals surface area contributed by atoms with Crippen molar-refractivity contribution in [2.24, 2.45) is 0 Å². The van der Waals surface area contributed by atoms with Gasteiger partial charge >= 0.3 is 0 Å². The molecule has 2 aromatic heterocycles. The number of aromatic nitrogens is 2. The van der Waals surface area contributed by atoms with Crippen LogP contribution in [0.3, 0.4) is 0 Å². The summed E-state index contributed by atoms with van der Waals surface area (Å²) in [6.45, 7) is 1.21. The smallest absolute Gasteiger partial charge is 0.0791 e. The van der Waals surface area contributed by atoms with Crippen molar-refractivity contribution in [3.05, 3.63) is 47.7 Å². The molecule has 0 aliphatic carbocycles. The van der Waals surface area contributed by atoms with Gasteiger partial charge in [0.1, 0.15) is 0 Å². The largest absolute Gasteiger partial charge is 0.307 e. The predicted molar refractivity (Wildman–Crippen MR) is 71.7 cm³/mol. The monoisotopic (exact) mass is 253 g/mol. The molecule has 5 heteroatoms. The standard InChI is InChI=1S/C5H5N.C3H7NS.C3H3NS/c1-2-4-6-5-3-1;2*1-2-5-3-4-1/h1-5H;4H,1-3H2;1-3H. The number of thioether (sulfide) groups is 1. The Labute approximate surface area is 104 Å². The van der Waals surface area contributed by atoms with E-state index in [-0.39, 0.29) is 0 Å². The molecule has 2 aromatic rings. The van der Waals surface area contributed by atoms with Gasteiger partial charge in [-0.3, -0.25) is 9.97 Å². The van der Waals surface area contributed by atoms with Crippen molar-refractivity contribution < 1.29 is 0 Å². The van der Waals surface area contributed by atoms with Crippen LogP contribution >= 0.6 is 23.1 Å². The molecule has 0 saturated carbocycles.